The Balaban J connectivity index is 1.77. The average molecular weight is 435 g/mol. The molecule has 0 spiro atoms. The van der Waals surface area contributed by atoms with E-state index in [1.807, 2.05) is 41.8 Å². The van der Waals surface area contributed by atoms with E-state index in [0.717, 1.165) is 21.9 Å². The van der Waals surface area contributed by atoms with Gasteiger partial charge in [-0.15, -0.1) is 11.3 Å². The van der Waals surface area contributed by atoms with E-state index in [1.165, 1.54) is 31.1 Å². The molecule has 1 N–H and O–H groups in total. The number of ether oxygens (including phenoxy) is 2. The van der Waals surface area contributed by atoms with Crippen molar-refractivity contribution >= 4 is 40.1 Å². The molecule has 0 bridgehead atoms. The van der Waals surface area contributed by atoms with Crippen LogP contribution < -0.4 is 19.7 Å². The van der Waals surface area contributed by atoms with Gasteiger partial charge in [-0.2, -0.15) is 0 Å². The summed E-state index contributed by atoms with van der Waals surface area (Å²) in [5.41, 5.74) is 2.92. The number of nitrogens with zero attached hydrogens (tertiary/aromatic N) is 1. The molecule has 0 atom stereocenters. The second-order valence-electron chi connectivity index (χ2n) is 6.92. The van der Waals surface area contributed by atoms with Crippen molar-refractivity contribution in [2.45, 2.75) is 13.3 Å². The van der Waals surface area contributed by atoms with Crippen LogP contribution in [0.25, 0.3) is 5.57 Å². The molecule has 2 aromatic carbocycles. The van der Waals surface area contributed by atoms with E-state index in [9.17, 15) is 9.59 Å². The number of rotatable bonds is 7. The molecule has 3 aromatic rings. The van der Waals surface area contributed by atoms with Crippen molar-refractivity contribution in [3.63, 3.8) is 0 Å². The number of hydrogen-bond acceptors (Lipinski definition) is 6. The van der Waals surface area contributed by atoms with Gasteiger partial charge in [-0.05, 0) is 35.6 Å². The molecule has 31 heavy (non-hydrogen) atoms. The maximum atomic E-state index is 13.5. The normalized spacial score (nSPS) is 13.7. The maximum Gasteiger partial charge on any atom is 0.282 e. The van der Waals surface area contributed by atoms with Gasteiger partial charge in [0.25, 0.3) is 11.8 Å². The molecule has 0 saturated heterocycles. The van der Waals surface area contributed by atoms with Crippen LogP contribution in [0, 0.1) is 0 Å². The van der Waals surface area contributed by atoms with Gasteiger partial charge in [0.15, 0.2) is 0 Å². The number of anilines is 2. The van der Waals surface area contributed by atoms with Crippen molar-refractivity contribution in [2.75, 3.05) is 24.4 Å². The summed E-state index contributed by atoms with van der Waals surface area (Å²) >= 11 is 1.41. The molecule has 2 heterocycles. The van der Waals surface area contributed by atoms with E-state index in [0.29, 0.717) is 22.8 Å². The first-order valence-corrected chi connectivity index (χ1v) is 10.7. The van der Waals surface area contributed by atoms with Crippen LogP contribution in [0.15, 0.2) is 65.7 Å². The van der Waals surface area contributed by atoms with Crippen molar-refractivity contribution in [1.29, 1.82) is 0 Å². The number of hydrogen-bond donors (Lipinski definition) is 1. The molecule has 1 aliphatic heterocycles. The van der Waals surface area contributed by atoms with Crippen LogP contribution in [-0.4, -0.2) is 26.0 Å². The molecule has 158 valence electrons. The maximum absolute atomic E-state index is 13.5. The zero-order chi connectivity index (χ0) is 22.0. The highest BCUT2D eigenvalue weighted by molar-refractivity contribution is 7.11. The lowest BCUT2D eigenvalue weighted by molar-refractivity contribution is -0.120. The van der Waals surface area contributed by atoms with E-state index in [4.69, 9.17) is 9.47 Å². The van der Waals surface area contributed by atoms with Gasteiger partial charge in [0, 0.05) is 28.8 Å². The van der Waals surface area contributed by atoms with Crippen LogP contribution in [0.3, 0.4) is 0 Å². The molecule has 7 heteroatoms. The lowest BCUT2D eigenvalue weighted by Gasteiger charge is -2.17. The predicted octanol–water partition coefficient (Wildman–Crippen LogP) is 4.72. The Morgan fingerprint density at radius 2 is 1.61 bits per heavy atom. The molecular formula is C24H22N2O4S. The number of aryl methyl sites for hydroxylation is 1. The van der Waals surface area contributed by atoms with Crippen LogP contribution in [-0.2, 0) is 16.0 Å². The summed E-state index contributed by atoms with van der Waals surface area (Å²) in [6.45, 7) is 2.08. The molecule has 0 saturated carbocycles. The third kappa shape index (κ3) is 3.92. The quantitative estimate of drug-likeness (QED) is 0.545. The molecule has 0 radical (unpaired) electrons. The van der Waals surface area contributed by atoms with Crippen LogP contribution >= 0.6 is 11.3 Å². The lowest BCUT2D eigenvalue weighted by Crippen LogP contribution is -2.32. The van der Waals surface area contributed by atoms with E-state index in [-0.39, 0.29) is 5.70 Å². The second kappa shape index (κ2) is 8.65. The Labute approximate surface area is 184 Å². The number of nitrogens with one attached hydrogen (secondary N) is 1. The molecular weight excluding hydrogens is 412 g/mol. The summed E-state index contributed by atoms with van der Waals surface area (Å²) < 4.78 is 10.6. The van der Waals surface area contributed by atoms with Gasteiger partial charge in [-0.25, -0.2) is 4.90 Å². The van der Waals surface area contributed by atoms with Crippen molar-refractivity contribution < 1.29 is 19.1 Å². The van der Waals surface area contributed by atoms with Crippen molar-refractivity contribution in [3.05, 3.63) is 76.1 Å². The van der Waals surface area contributed by atoms with E-state index < -0.39 is 11.8 Å². The molecule has 4 rings (SSSR count). The van der Waals surface area contributed by atoms with Crippen molar-refractivity contribution in [1.82, 2.24) is 0 Å². The highest BCUT2D eigenvalue weighted by Gasteiger charge is 2.41. The predicted molar refractivity (Wildman–Crippen MR) is 123 cm³/mol. The minimum atomic E-state index is -0.428. The van der Waals surface area contributed by atoms with Crippen LogP contribution in [0.2, 0.25) is 0 Å². The van der Waals surface area contributed by atoms with Gasteiger partial charge >= 0.3 is 0 Å². The number of carbonyl (C=O) groups is 2. The Hall–Kier alpha value is -3.58. The van der Waals surface area contributed by atoms with Crippen LogP contribution in [0.4, 0.5) is 11.4 Å². The number of amides is 2. The minimum Gasteiger partial charge on any atom is -0.497 e. The molecule has 1 aromatic heterocycles. The standard InChI is InChI=1S/C24H22N2O4S/c1-4-15-7-9-16(10-8-15)25-22-21(20-6-5-11-31-20)23(27)26(24(22)28)17-12-18(29-2)14-19(13-17)30-3/h5-14,25H,4H2,1-3H3. The number of methoxy groups -OCH3 is 2. The third-order valence-electron chi connectivity index (χ3n) is 5.08. The Kier molecular flexibility index (Phi) is 5.77. The van der Waals surface area contributed by atoms with Gasteiger partial charge in [-0.1, -0.05) is 25.1 Å². The summed E-state index contributed by atoms with van der Waals surface area (Å²) in [4.78, 5) is 28.8. The summed E-state index contributed by atoms with van der Waals surface area (Å²) in [5.74, 6) is 0.159. The second-order valence-corrected chi connectivity index (χ2v) is 7.87. The minimum absolute atomic E-state index is 0.249. The number of carbonyl (C=O) groups excluding carboxylic acids is 2. The first-order valence-electron chi connectivity index (χ1n) is 9.81. The molecule has 2 amide bonds. The summed E-state index contributed by atoms with van der Waals surface area (Å²) in [5, 5.41) is 5.06. The van der Waals surface area contributed by atoms with Crippen molar-refractivity contribution in [3.8, 4) is 11.5 Å². The zero-order valence-corrected chi connectivity index (χ0v) is 18.3. The first-order chi connectivity index (χ1) is 15.0. The summed E-state index contributed by atoms with van der Waals surface area (Å²) in [6.07, 6.45) is 0.923. The Morgan fingerprint density at radius 3 is 2.16 bits per heavy atom. The fraction of sp³-hybridized carbons (Fsp3) is 0.167. The first kappa shape index (κ1) is 20.7. The fourth-order valence-corrected chi connectivity index (χ4v) is 4.19. The molecule has 0 aliphatic carbocycles. The Bertz CT molecular complexity index is 1130. The SMILES string of the molecule is CCc1ccc(NC2=C(c3cccs3)C(=O)N(c3cc(OC)cc(OC)c3)C2=O)cc1. The van der Waals surface area contributed by atoms with Crippen LogP contribution in [0.5, 0.6) is 11.5 Å². The third-order valence-corrected chi connectivity index (χ3v) is 5.96. The topological polar surface area (TPSA) is 67.9 Å². The molecule has 1 aliphatic rings. The summed E-state index contributed by atoms with van der Waals surface area (Å²) in [6, 6.07) is 16.5. The van der Waals surface area contributed by atoms with Gasteiger partial charge in [-0.3, -0.25) is 9.59 Å². The lowest BCUT2D eigenvalue weighted by atomic mass is 10.1. The highest BCUT2D eigenvalue weighted by Crippen LogP contribution is 2.38. The van der Waals surface area contributed by atoms with Crippen molar-refractivity contribution in [2.24, 2.45) is 0 Å². The van der Waals surface area contributed by atoms with E-state index in [1.54, 1.807) is 18.2 Å². The van der Waals surface area contributed by atoms with Gasteiger partial charge in [0.1, 0.15) is 17.2 Å². The fourth-order valence-electron chi connectivity index (χ4n) is 3.42. The van der Waals surface area contributed by atoms with Gasteiger partial charge < -0.3 is 14.8 Å². The average Bonchev–Trinajstić information content (AvgIpc) is 3.40. The van der Waals surface area contributed by atoms with E-state index >= 15 is 0 Å². The number of benzene rings is 2. The smallest absolute Gasteiger partial charge is 0.282 e. The summed E-state index contributed by atoms with van der Waals surface area (Å²) in [7, 11) is 3.04. The van der Waals surface area contributed by atoms with E-state index in [2.05, 4.69) is 12.2 Å². The van der Waals surface area contributed by atoms with Gasteiger partial charge in [0.05, 0.1) is 25.5 Å². The van der Waals surface area contributed by atoms with Crippen LogP contribution in [0.1, 0.15) is 17.4 Å². The Morgan fingerprint density at radius 1 is 0.935 bits per heavy atom. The van der Waals surface area contributed by atoms with Gasteiger partial charge in [0.2, 0.25) is 0 Å². The molecule has 6 nitrogen and oxygen atoms in total. The number of thiophene rings is 1. The number of imide groups is 1. The monoisotopic (exact) mass is 434 g/mol. The highest BCUT2D eigenvalue weighted by atomic mass is 32.1. The molecule has 0 fully saturated rings. The zero-order valence-electron chi connectivity index (χ0n) is 17.5. The molecule has 0 unspecified atom stereocenters. The largest absolute Gasteiger partial charge is 0.497 e.